The quantitative estimate of drug-likeness (QED) is 0.0544. The van der Waals surface area contributed by atoms with Gasteiger partial charge in [0.2, 0.25) is 23.6 Å². The van der Waals surface area contributed by atoms with Gasteiger partial charge in [0.15, 0.2) is 0 Å². The standard InChI is InChI=1S/C55H92N4O12S2/c1-32(7-13-46(62)56-23-25-72(66,67)68)38-9-11-40-50-42(17-21-54(38,40)5)52(3)19-15-36(27-34(52)29-44(50)60)58-48(64)31-49(65)59-37-16-20-53(4)35(28-37)30-45(61)51-41-12-10-39(55(41,6)22-18-43(51)53)33(2)8-14-47(63)57-24-26-73(69,70)71/h32-45,50-51,60-61H,7-31H2,1-6H3,(H,56,62)(H,57,63)(H,58,64)(H,59,65)(H,66,67,68)(H,69,70,71)/t32-,33-,34+,35+,36?,37?,38-,39-,40+,41+,42+,43+,44+,45+,50+,51+,52+,53+,54-,55-/m1/s1. The van der Waals surface area contributed by atoms with Gasteiger partial charge in [-0.25, -0.2) is 0 Å². The van der Waals surface area contributed by atoms with Gasteiger partial charge in [0.25, 0.3) is 20.2 Å². The topological polar surface area (TPSA) is 266 Å². The van der Waals surface area contributed by atoms with Crippen molar-refractivity contribution in [2.45, 2.75) is 201 Å². The van der Waals surface area contributed by atoms with Crippen LogP contribution in [0.4, 0.5) is 0 Å². The van der Waals surface area contributed by atoms with Crippen LogP contribution in [0.1, 0.15) is 176 Å². The highest BCUT2D eigenvalue weighted by Gasteiger charge is 2.65. The highest BCUT2D eigenvalue weighted by molar-refractivity contribution is 7.86. The van der Waals surface area contributed by atoms with Crippen molar-refractivity contribution in [3.8, 4) is 0 Å². The molecule has 8 fully saturated rings. The molecule has 8 aliphatic rings. The molecule has 0 aliphatic heterocycles. The molecule has 8 aliphatic carbocycles. The van der Waals surface area contributed by atoms with Crippen molar-refractivity contribution in [1.82, 2.24) is 21.3 Å². The molecule has 0 aromatic rings. The molecule has 20 atom stereocenters. The Balaban J connectivity index is 0.780. The minimum Gasteiger partial charge on any atom is -0.393 e. The van der Waals surface area contributed by atoms with E-state index in [0.29, 0.717) is 85.9 Å². The Labute approximate surface area is 436 Å². The van der Waals surface area contributed by atoms with Crippen molar-refractivity contribution in [3.63, 3.8) is 0 Å². The third-order valence-corrected chi connectivity index (χ3v) is 24.4. The van der Waals surface area contributed by atoms with Crippen LogP contribution in [0.2, 0.25) is 0 Å². The Hall–Kier alpha value is -2.38. The molecule has 18 heteroatoms. The van der Waals surface area contributed by atoms with Gasteiger partial charge in [-0.2, -0.15) is 16.8 Å². The van der Waals surface area contributed by atoms with E-state index < -0.39 is 43.9 Å². The predicted octanol–water partition coefficient (Wildman–Crippen LogP) is 6.45. The van der Waals surface area contributed by atoms with Crippen molar-refractivity contribution in [2.24, 2.45) is 92.7 Å². The maximum Gasteiger partial charge on any atom is 0.266 e. The second-order valence-corrected chi connectivity index (χ2v) is 29.8. The molecule has 16 nitrogen and oxygen atoms in total. The molecular formula is C55H92N4O12S2. The fraction of sp³-hybridized carbons (Fsp3) is 0.927. The summed E-state index contributed by atoms with van der Waals surface area (Å²) in [5, 5.41) is 35.7. The monoisotopic (exact) mass is 1060 g/mol. The molecule has 8 N–H and O–H groups in total. The number of aliphatic hydroxyl groups is 2. The van der Waals surface area contributed by atoms with Gasteiger partial charge in [0.1, 0.15) is 6.42 Å². The second kappa shape index (κ2) is 21.8. The SMILES string of the molecule is C[C@H](CCC(=O)NCCS(=O)(=O)O)[C@H]1CC[C@H]2[C@@H]3[C@@H](O)C[C@@H]4CC(NC(=O)CC(=O)NC5CC[C@@]6(C)[C@@H](C5)C[C@H](O)[C@@H]5[C@@H]6CC[C@]6(C)[C@@H]([C@H](C)CCC(=O)NCCS(=O)(=O)O)CC[C@@H]56)CC[C@]4(C)[C@H]3CC[C@]12C. The maximum atomic E-state index is 13.6. The minimum absolute atomic E-state index is 0.0417. The Morgan fingerprint density at radius 2 is 0.863 bits per heavy atom. The molecule has 73 heavy (non-hydrogen) atoms. The molecule has 0 spiro atoms. The highest BCUT2D eigenvalue weighted by atomic mass is 32.2. The lowest BCUT2D eigenvalue weighted by Crippen LogP contribution is -2.60. The predicted molar refractivity (Wildman–Crippen MR) is 277 cm³/mol. The van der Waals surface area contributed by atoms with Gasteiger partial charge in [-0.15, -0.1) is 0 Å². The molecular weight excluding hydrogens is 973 g/mol. The minimum atomic E-state index is -4.13. The van der Waals surface area contributed by atoms with Crippen molar-refractivity contribution in [3.05, 3.63) is 0 Å². The van der Waals surface area contributed by atoms with Gasteiger partial charge in [-0.1, -0.05) is 41.5 Å². The molecule has 416 valence electrons. The van der Waals surface area contributed by atoms with E-state index >= 15 is 0 Å². The fourth-order valence-corrected chi connectivity index (χ4v) is 20.0. The van der Waals surface area contributed by atoms with Crippen LogP contribution in [0.3, 0.4) is 0 Å². The number of hydrogen-bond donors (Lipinski definition) is 8. The van der Waals surface area contributed by atoms with E-state index in [1.54, 1.807) is 0 Å². The van der Waals surface area contributed by atoms with Crippen molar-refractivity contribution < 1.29 is 55.3 Å². The third kappa shape index (κ3) is 11.9. The van der Waals surface area contributed by atoms with Crippen LogP contribution in [0.25, 0.3) is 0 Å². The van der Waals surface area contributed by atoms with Gasteiger partial charge in [-0.3, -0.25) is 28.3 Å². The van der Waals surface area contributed by atoms with E-state index in [1.807, 2.05) is 0 Å². The Bertz CT molecular complexity index is 2110. The molecule has 0 heterocycles. The normalized spacial score (nSPS) is 42.8. The zero-order valence-corrected chi connectivity index (χ0v) is 46.4. The number of fused-ring (bicyclic) bond motifs is 10. The van der Waals surface area contributed by atoms with E-state index in [-0.39, 0.29) is 101 Å². The van der Waals surface area contributed by atoms with E-state index in [4.69, 9.17) is 9.11 Å². The summed E-state index contributed by atoms with van der Waals surface area (Å²) in [5.41, 5.74) is 0.266. The molecule has 0 radical (unpaired) electrons. The summed E-state index contributed by atoms with van der Waals surface area (Å²) in [7, 11) is -8.26. The van der Waals surface area contributed by atoms with Crippen LogP contribution in [-0.4, -0.2) is 109 Å². The Morgan fingerprint density at radius 3 is 1.23 bits per heavy atom. The van der Waals surface area contributed by atoms with Crippen molar-refractivity contribution in [2.75, 3.05) is 24.6 Å². The molecule has 0 aromatic carbocycles. The van der Waals surface area contributed by atoms with Gasteiger partial charge in [-0.05, 0) is 208 Å². The first kappa shape index (κ1) is 56.8. The summed E-state index contributed by atoms with van der Waals surface area (Å²) in [6.07, 6.45) is 16.2. The molecule has 8 rings (SSSR count). The number of rotatable bonds is 18. The first-order valence-electron chi connectivity index (χ1n) is 28.5. The van der Waals surface area contributed by atoms with Gasteiger partial charge >= 0.3 is 0 Å². The van der Waals surface area contributed by atoms with Crippen molar-refractivity contribution >= 4 is 43.9 Å². The molecule has 0 saturated heterocycles. The smallest absolute Gasteiger partial charge is 0.266 e. The average Bonchev–Trinajstić information content (AvgIpc) is 3.84. The first-order chi connectivity index (χ1) is 34.1. The fourth-order valence-electron chi connectivity index (χ4n) is 19.3. The summed E-state index contributed by atoms with van der Waals surface area (Å²) in [6, 6.07) is -0.0834. The first-order valence-corrected chi connectivity index (χ1v) is 31.8. The highest BCUT2D eigenvalue weighted by Crippen LogP contribution is 2.70. The van der Waals surface area contributed by atoms with Crippen LogP contribution < -0.4 is 21.3 Å². The lowest BCUT2D eigenvalue weighted by Gasteiger charge is -2.62. The molecule has 8 saturated carbocycles. The van der Waals surface area contributed by atoms with E-state index in [0.717, 1.165) is 89.9 Å². The Kier molecular flexibility index (Phi) is 17.0. The number of nitrogens with one attached hydrogen (secondary N) is 4. The molecule has 0 bridgehead atoms. The lowest BCUT2D eigenvalue weighted by atomic mass is 9.43. The number of carbonyl (C=O) groups excluding carboxylic acids is 4. The van der Waals surface area contributed by atoms with E-state index in [1.165, 1.54) is 0 Å². The molecule has 4 amide bonds. The van der Waals surface area contributed by atoms with Crippen molar-refractivity contribution in [1.29, 1.82) is 0 Å². The number of amides is 4. The van der Waals surface area contributed by atoms with Gasteiger partial charge in [0.05, 0.1) is 23.7 Å². The summed E-state index contributed by atoms with van der Waals surface area (Å²) in [5.74, 6) is 2.16. The summed E-state index contributed by atoms with van der Waals surface area (Å²) < 4.78 is 62.2. The third-order valence-electron chi connectivity index (χ3n) is 23.0. The van der Waals surface area contributed by atoms with Crippen LogP contribution in [0.5, 0.6) is 0 Å². The molecule has 0 aromatic heterocycles. The van der Waals surface area contributed by atoms with Gasteiger partial charge < -0.3 is 31.5 Å². The average molecular weight is 1070 g/mol. The summed E-state index contributed by atoms with van der Waals surface area (Å²) in [4.78, 5) is 52.1. The number of hydrogen-bond acceptors (Lipinski definition) is 10. The van der Waals surface area contributed by atoms with E-state index in [2.05, 4.69) is 62.8 Å². The summed E-state index contributed by atoms with van der Waals surface area (Å²) in [6.45, 7) is 13.9. The summed E-state index contributed by atoms with van der Waals surface area (Å²) >= 11 is 0. The second-order valence-electron chi connectivity index (χ2n) is 26.6. The van der Waals surface area contributed by atoms with Gasteiger partial charge in [0, 0.05) is 38.0 Å². The van der Waals surface area contributed by atoms with Crippen LogP contribution in [-0.2, 0) is 39.4 Å². The number of carbonyl (C=O) groups is 4. The zero-order valence-electron chi connectivity index (χ0n) is 44.8. The van der Waals surface area contributed by atoms with E-state index in [9.17, 15) is 46.2 Å². The largest absolute Gasteiger partial charge is 0.393 e. The van der Waals surface area contributed by atoms with Crippen LogP contribution in [0, 0.1) is 92.7 Å². The van der Waals surface area contributed by atoms with Crippen LogP contribution >= 0.6 is 0 Å². The number of aliphatic hydroxyl groups excluding tert-OH is 2. The van der Waals surface area contributed by atoms with Crippen LogP contribution in [0.15, 0.2) is 0 Å². The zero-order chi connectivity index (χ0) is 53.1. The Morgan fingerprint density at radius 1 is 0.507 bits per heavy atom. The lowest BCUT2D eigenvalue weighted by molar-refractivity contribution is -0.167. The maximum absolute atomic E-state index is 13.6. The molecule has 2 unspecified atom stereocenters.